The highest BCUT2D eigenvalue weighted by molar-refractivity contribution is 9.10. The molecule has 0 fully saturated rings. The number of halogens is 1. The largest absolute Gasteiger partial charge is 0.417 e. The molecule has 2 N–H and O–H groups in total. The van der Waals surface area contributed by atoms with Crippen LogP contribution in [0.2, 0.25) is 0 Å². The highest BCUT2D eigenvalue weighted by Crippen LogP contribution is 2.21. The molecule has 0 aliphatic rings. The first-order valence-electron chi connectivity index (χ1n) is 6.76. The zero-order valence-electron chi connectivity index (χ0n) is 12.0. The number of hydrogen-bond donors (Lipinski definition) is 2. The zero-order valence-corrected chi connectivity index (χ0v) is 14.4. The van der Waals surface area contributed by atoms with Crippen molar-refractivity contribution in [1.29, 1.82) is 0 Å². The zero-order chi connectivity index (χ0) is 16.6. The Balaban J connectivity index is 1.90. The first-order chi connectivity index (χ1) is 10.8. The molecule has 0 spiro atoms. The van der Waals surface area contributed by atoms with Gasteiger partial charge in [-0.2, -0.15) is 0 Å². The van der Waals surface area contributed by atoms with Crippen molar-refractivity contribution in [3.05, 3.63) is 63.1 Å². The van der Waals surface area contributed by atoms with Gasteiger partial charge < -0.3 is 4.42 Å². The molecule has 3 rings (SSSR count). The number of nitrogens with one attached hydrogen (secondary N) is 2. The van der Waals surface area contributed by atoms with E-state index in [-0.39, 0.29) is 10.5 Å². The molecule has 8 heteroatoms. The predicted octanol–water partition coefficient (Wildman–Crippen LogP) is 2.92. The molecular weight excluding hydrogens is 384 g/mol. The minimum Gasteiger partial charge on any atom is -0.408 e. The number of H-pyrrole nitrogens is 1. The van der Waals surface area contributed by atoms with Gasteiger partial charge in [0.05, 0.1) is 10.4 Å². The molecular formula is C15H13BrN2O4S. The van der Waals surface area contributed by atoms with E-state index in [0.717, 1.165) is 10.0 Å². The van der Waals surface area contributed by atoms with Crippen LogP contribution in [-0.2, 0) is 10.0 Å². The minimum atomic E-state index is -3.74. The number of sulfonamides is 1. The minimum absolute atomic E-state index is 0.0386. The highest BCUT2D eigenvalue weighted by Gasteiger charge is 2.19. The molecule has 0 amide bonds. The van der Waals surface area contributed by atoms with Crippen LogP contribution in [-0.4, -0.2) is 13.4 Å². The summed E-state index contributed by atoms with van der Waals surface area (Å²) in [5.74, 6) is -0.620. The van der Waals surface area contributed by atoms with Gasteiger partial charge in [0.25, 0.3) is 0 Å². The Morgan fingerprint density at radius 1 is 1.17 bits per heavy atom. The molecule has 23 heavy (non-hydrogen) atoms. The van der Waals surface area contributed by atoms with E-state index >= 15 is 0 Å². The second-order valence-electron chi connectivity index (χ2n) is 5.07. The van der Waals surface area contributed by atoms with Gasteiger partial charge in [0.2, 0.25) is 10.0 Å². The van der Waals surface area contributed by atoms with E-state index in [0.29, 0.717) is 5.52 Å². The summed E-state index contributed by atoms with van der Waals surface area (Å²) < 4.78 is 33.4. The lowest BCUT2D eigenvalue weighted by atomic mass is 10.1. The van der Waals surface area contributed by atoms with Gasteiger partial charge in [-0.05, 0) is 36.8 Å². The Morgan fingerprint density at radius 3 is 2.57 bits per heavy atom. The first-order valence-corrected chi connectivity index (χ1v) is 9.03. The summed E-state index contributed by atoms with van der Waals surface area (Å²) in [5.41, 5.74) is 1.50. The second-order valence-corrected chi connectivity index (χ2v) is 7.70. The molecule has 0 bridgehead atoms. The van der Waals surface area contributed by atoms with Gasteiger partial charge in [-0.1, -0.05) is 28.1 Å². The van der Waals surface area contributed by atoms with Crippen molar-refractivity contribution in [3.63, 3.8) is 0 Å². The molecule has 0 aliphatic heterocycles. The van der Waals surface area contributed by atoms with Gasteiger partial charge in [-0.25, -0.2) is 17.9 Å². The van der Waals surface area contributed by atoms with Crippen molar-refractivity contribution < 1.29 is 12.8 Å². The van der Waals surface area contributed by atoms with Crippen LogP contribution in [0.3, 0.4) is 0 Å². The van der Waals surface area contributed by atoms with Gasteiger partial charge in [-0.15, -0.1) is 0 Å². The standard InChI is InChI=1S/C15H13BrN2O4S/c1-9(10-2-4-11(16)5-3-10)18-23(20,21)12-6-7-13-14(8-12)22-15(19)17-13/h2-9,18H,1H3,(H,17,19)/t9-/m1/s1. The fourth-order valence-electron chi connectivity index (χ4n) is 2.21. The molecule has 0 aliphatic carbocycles. The van der Waals surface area contributed by atoms with Gasteiger partial charge in [0.15, 0.2) is 5.58 Å². The number of fused-ring (bicyclic) bond motifs is 1. The third-order valence-electron chi connectivity index (χ3n) is 3.40. The fraction of sp³-hybridized carbons (Fsp3) is 0.133. The summed E-state index contributed by atoms with van der Waals surface area (Å²) in [7, 11) is -3.74. The normalized spacial score (nSPS) is 13.3. The number of aromatic nitrogens is 1. The van der Waals surface area contributed by atoms with E-state index in [1.54, 1.807) is 6.92 Å². The lowest BCUT2D eigenvalue weighted by molar-refractivity contribution is 0.552. The Labute approximate surface area is 140 Å². The third kappa shape index (κ3) is 3.39. The molecule has 0 saturated heterocycles. The maximum atomic E-state index is 12.5. The van der Waals surface area contributed by atoms with E-state index < -0.39 is 21.8 Å². The summed E-state index contributed by atoms with van der Waals surface area (Å²) in [6.45, 7) is 1.76. The maximum Gasteiger partial charge on any atom is 0.417 e. The Morgan fingerprint density at radius 2 is 1.87 bits per heavy atom. The maximum absolute atomic E-state index is 12.5. The molecule has 0 saturated carbocycles. The van der Waals surface area contributed by atoms with Gasteiger partial charge in [0, 0.05) is 16.6 Å². The molecule has 0 unspecified atom stereocenters. The average Bonchev–Trinajstić information content (AvgIpc) is 2.86. The average molecular weight is 397 g/mol. The fourth-order valence-corrected chi connectivity index (χ4v) is 3.72. The molecule has 1 atom stereocenters. The summed E-state index contributed by atoms with van der Waals surface area (Å²) in [6.07, 6.45) is 0. The molecule has 3 aromatic rings. The lowest BCUT2D eigenvalue weighted by Gasteiger charge is -2.14. The van der Waals surface area contributed by atoms with Crippen LogP contribution in [0.15, 0.2) is 61.0 Å². The lowest BCUT2D eigenvalue weighted by Crippen LogP contribution is -2.26. The van der Waals surface area contributed by atoms with Crippen LogP contribution in [0.4, 0.5) is 0 Å². The molecule has 6 nitrogen and oxygen atoms in total. The summed E-state index contributed by atoms with van der Waals surface area (Å²) in [4.78, 5) is 13.7. The molecule has 2 aromatic carbocycles. The van der Waals surface area contributed by atoms with Crippen LogP contribution < -0.4 is 10.5 Å². The quantitative estimate of drug-likeness (QED) is 0.708. The van der Waals surface area contributed by atoms with E-state index in [2.05, 4.69) is 25.6 Å². The van der Waals surface area contributed by atoms with Gasteiger partial charge >= 0.3 is 5.76 Å². The Hall–Kier alpha value is -1.90. The van der Waals surface area contributed by atoms with Crippen LogP contribution in [0.25, 0.3) is 11.1 Å². The number of rotatable bonds is 4. The first kappa shape index (κ1) is 16.0. The van der Waals surface area contributed by atoms with Crippen molar-refractivity contribution in [3.8, 4) is 0 Å². The van der Waals surface area contributed by atoms with Crippen LogP contribution >= 0.6 is 15.9 Å². The van der Waals surface area contributed by atoms with E-state index in [9.17, 15) is 13.2 Å². The monoisotopic (exact) mass is 396 g/mol. The molecule has 120 valence electrons. The van der Waals surface area contributed by atoms with Crippen molar-refractivity contribution in [2.24, 2.45) is 0 Å². The van der Waals surface area contributed by atoms with Crippen LogP contribution in [0.5, 0.6) is 0 Å². The van der Waals surface area contributed by atoms with Crippen LogP contribution in [0.1, 0.15) is 18.5 Å². The topological polar surface area (TPSA) is 92.2 Å². The summed E-state index contributed by atoms with van der Waals surface area (Å²) in [6, 6.07) is 11.2. The van der Waals surface area contributed by atoms with Crippen LogP contribution in [0, 0.1) is 0 Å². The van der Waals surface area contributed by atoms with Crippen molar-refractivity contribution in [2.75, 3.05) is 0 Å². The number of hydrogen-bond acceptors (Lipinski definition) is 4. The number of oxazole rings is 1. The predicted molar refractivity (Wildman–Crippen MR) is 89.7 cm³/mol. The molecule has 1 aromatic heterocycles. The van der Waals surface area contributed by atoms with E-state index in [1.807, 2.05) is 24.3 Å². The van der Waals surface area contributed by atoms with Gasteiger partial charge in [0.1, 0.15) is 0 Å². The SMILES string of the molecule is C[C@@H](NS(=O)(=O)c1ccc2[nH]c(=O)oc2c1)c1ccc(Br)cc1. The molecule has 1 heterocycles. The van der Waals surface area contributed by atoms with E-state index in [1.165, 1.54) is 18.2 Å². The molecule has 0 radical (unpaired) electrons. The van der Waals surface area contributed by atoms with Gasteiger partial charge in [-0.3, -0.25) is 4.98 Å². The second kappa shape index (κ2) is 5.95. The highest BCUT2D eigenvalue weighted by atomic mass is 79.9. The smallest absolute Gasteiger partial charge is 0.408 e. The van der Waals surface area contributed by atoms with Crippen molar-refractivity contribution >= 4 is 37.1 Å². The Kier molecular flexibility index (Phi) is 4.13. The van der Waals surface area contributed by atoms with Crippen molar-refractivity contribution in [2.45, 2.75) is 17.9 Å². The number of benzene rings is 2. The van der Waals surface area contributed by atoms with E-state index in [4.69, 9.17) is 4.42 Å². The number of aromatic amines is 1. The van der Waals surface area contributed by atoms with Crippen molar-refractivity contribution in [1.82, 2.24) is 9.71 Å². The third-order valence-corrected chi connectivity index (χ3v) is 5.47. The Bertz CT molecular complexity index is 1010. The summed E-state index contributed by atoms with van der Waals surface area (Å²) >= 11 is 3.34. The summed E-state index contributed by atoms with van der Waals surface area (Å²) in [5, 5.41) is 0.